The van der Waals surface area contributed by atoms with E-state index < -0.39 is 0 Å². The van der Waals surface area contributed by atoms with Gasteiger partial charge in [0.2, 0.25) is 5.91 Å². The zero-order valence-electron chi connectivity index (χ0n) is 11.2. The molecule has 1 atom stereocenters. The predicted molar refractivity (Wildman–Crippen MR) is 76.6 cm³/mol. The van der Waals surface area contributed by atoms with Crippen LogP contribution < -0.4 is 4.90 Å². The number of nitrogens with zero attached hydrogens (tertiary/aromatic N) is 3. The second-order valence-electron chi connectivity index (χ2n) is 5.31. The molecule has 2 saturated heterocycles. The fraction of sp³-hybridized carbons (Fsp3) is 0.571. The fourth-order valence-electron chi connectivity index (χ4n) is 3.00. The molecule has 3 heterocycles. The summed E-state index contributed by atoms with van der Waals surface area (Å²) in [6.45, 7) is 2.24. The first-order chi connectivity index (χ1) is 9.70. The van der Waals surface area contributed by atoms with Gasteiger partial charge in [-0.1, -0.05) is 0 Å². The van der Waals surface area contributed by atoms with Gasteiger partial charge < -0.3 is 10.0 Å². The number of amides is 1. The van der Waals surface area contributed by atoms with Crippen molar-refractivity contribution in [2.45, 2.75) is 31.4 Å². The predicted octanol–water partition coefficient (Wildman–Crippen LogP) is 1.18. The van der Waals surface area contributed by atoms with E-state index in [1.54, 1.807) is 11.0 Å². The van der Waals surface area contributed by atoms with E-state index in [4.69, 9.17) is 5.26 Å². The number of piperidine rings is 1. The zero-order valence-corrected chi connectivity index (χ0v) is 12.0. The van der Waals surface area contributed by atoms with Crippen LogP contribution in [0.4, 0.5) is 5.00 Å². The highest BCUT2D eigenvalue weighted by atomic mass is 32.1. The van der Waals surface area contributed by atoms with Crippen molar-refractivity contribution in [3.63, 3.8) is 0 Å². The second kappa shape index (κ2) is 5.52. The summed E-state index contributed by atoms with van der Waals surface area (Å²) in [7, 11) is 0. The largest absolute Gasteiger partial charge is 0.393 e. The van der Waals surface area contributed by atoms with Gasteiger partial charge in [-0.2, -0.15) is 5.26 Å². The van der Waals surface area contributed by atoms with Gasteiger partial charge in [-0.05, 0) is 30.7 Å². The highest BCUT2D eigenvalue weighted by Gasteiger charge is 2.38. The van der Waals surface area contributed by atoms with Crippen molar-refractivity contribution in [1.29, 1.82) is 5.26 Å². The minimum Gasteiger partial charge on any atom is -0.393 e. The van der Waals surface area contributed by atoms with Gasteiger partial charge in [0, 0.05) is 19.6 Å². The maximum atomic E-state index is 12.6. The lowest BCUT2D eigenvalue weighted by Gasteiger charge is -2.33. The number of aliphatic hydroxyl groups excluding tert-OH is 1. The van der Waals surface area contributed by atoms with E-state index in [1.807, 2.05) is 5.38 Å². The first-order valence-electron chi connectivity index (χ1n) is 6.92. The molecule has 1 unspecified atom stereocenters. The number of rotatable bonds is 2. The molecular weight excluding hydrogens is 274 g/mol. The van der Waals surface area contributed by atoms with Crippen molar-refractivity contribution in [2.24, 2.45) is 0 Å². The number of thiophene rings is 1. The molecule has 1 aromatic rings. The highest BCUT2D eigenvalue weighted by molar-refractivity contribution is 7.14. The summed E-state index contributed by atoms with van der Waals surface area (Å²) in [5.41, 5.74) is 0.582. The first-order valence-corrected chi connectivity index (χ1v) is 7.79. The van der Waals surface area contributed by atoms with E-state index in [1.165, 1.54) is 11.3 Å². The van der Waals surface area contributed by atoms with E-state index in [2.05, 4.69) is 11.0 Å². The Kier molecular flexibility index (Phi) is 3.74. The molecule has 20 heavy (non-hydrogen) atoms. The summed E-state index contributed by atoms with van der Waals surface area (Å²) in [6, 6.07) is 3.82. The van der Waals surface area contributed by atoms with Crippen LogP contribution in [0.25, 0.3) is 0 Å². The third-order valence-electron chi connectivity index (χ3n) is 4.13. The third-order valence-corrected chi connectivity index (χ3v) is 5.06. The Balaban J connectivity index is 1.73. The van der Waals surface area contributed by atoms with Crippen molar-refractivity contribution in [2.75, 3.05) is 24.5 Å². The average Bonchev–Trinajstić information content (AvgIpc) is 3.06. The van der Waals surface area contributed by atoms with Crippen LogP contribution in [0.1, 0.15) is 24.8 Å². The molecule has 0 saturated carbocycles. The summed E-state index contributed by atoms with van der Waals surface area (Å²) < 4.78 is 0. The molecule has 5 nitrogen and oxygen atoms in total. The molecule has 1 aromatic heterocycles. The van der Waals surface area contributed by atoms with Crippen molar-refractivity contribution in [1.82, 2.24) is 4.90 Å². The molecule has 2 fully saturated rings. The average molecular weight is 291 g/mol. The number of likely N-dealkylation sites (tertiary alicyclic amines) is 1. The molecule has 0 bridgehead atoms. The van der Waals surface area contributed by atoms with Gasteiger partial charge in [-0.15, -0.1) is 11.3 Å². The molecule has 2 aliphatic rings. The second-order valence-corrected chi connectivity index (χ2v) is 6.21. The van der Waals surface area contributed by atoms with Crippen LogP contribution in [0.3, 0.4) is 0 Å². The lowest BCUT2D eigenvalue weighted by Crippen LogP contribution is -2.46. The minimum atomic E-state index is -0.221. The molecule has 0 spiro atoms. The minimum absolute atomic E-state index is 0.0869. The van der Waals surface area contributed by atoms with Gasteiger partial charge in [-0.25, -0.2) is 0 Å². The summed E-state index contributed by atoms with van der Waals surface area (Å²) in [5, 5.41) is 21.3. The maximum absolute atomic E-state index is 12.6. The third kappa shape index (κ3) is 2.33. The molecule has 2 aliphatic heterocycles. The molecular formula is C14H17N3O2S. The van der Waals surface area contributed by atoms with E-state index >= 15 is 0 Å². The summed E-state index contributed by atoms with van der Waals surface area (Å²) in [6.07, 6.45) is 2.07. The molecule has 0 radical (unpaired) electrons. The summed E-state index contributed by atoms with van der Waals surface area (Å²) in [4.78, 5) is 16.5. The zero-order chi connectivity index (χ0) is 14.1. The Labute approximate surface area is 122 Å². The van der Waals surface area contributed by atoms with Crippen LogP contribution >= 0.6 is 11.3 Å². The van der Waals surface area contributed by atoms with Crippen molar-refractivity contribution in [3.8, 4) is 6.07 Å². The molecule has 0 aromatic carbocycles. The van der Waals surface area contributed by atoms with Gasteiger partial charge in [-0.3, -0.25) is 9.69 Å². The summed E-state index contributed by atoms with van der Waals surface area (Å²) in [5.74, 6) is 0.0975. The van der Waals surface area contributed by atoms with Gasteiger partial charge in [0.1, 0.15) is 11.1 Å². The molecule has 1 amide bonds. The number of nitriles is 1. The number of hydrogen-bond acceptors (Lipinski definition) is 5. The van der Waals surface area contributed by atoms with Crippen molar-refractivity contribution < 1.29 is 9.90 Å². The van der Waals surface area contributed by atoms with E-state index in [9.17, 15) is 9.90 Å². The van der Waals surface area contributed by atoms with E-state index in [0.717, 1.165) is 37.4 Å². The highest BCUT2D eigenvalue weighted by Crippen LogP contribution is 2.32. The molecule has 6 heteroatoms. The van der Waals surface area contributed by atoms with Crippen LogP contribution in [0.2, 0.25) is 0 Å². The van der Waals surface area contributed by atoms with Gasteiger partial charge >= 0.3 is 0 Å². The number of aliphatic hydroxyl groups is 1. The van der Waals surface area contributed by atoms with Gasteiger partial charge in [0.05, 0.1) is 17.7 Å². The van der Waals surface area contributed by atoms with Crippen LogP contribution in [0.5, 0.6) is 0 Å². The maximum Gasteiger partial charge on any atom is 0.245 e. The number of anilines is 1. The lowest BCUT2D eigenvalue weighted by molar-refractivity contribution is -0.122. The van der Waals surface area contributed by atoms with E-state index in [-0.39, 0.29) is 18.1 Å². The van der Waals surface area contributed by atoms with Gasteiger partial charge in [0.25, 0.3) is 0 Å². The van der Waals surface area contributed by atoms with Crippen molar-refractivity contribution in [3.05, 3.63) is 17.0 Å². The quantitative estimate of drug-likeness (QED) is 0.888. The first kappa shape index (κ1) is 13.6. The number of hydrogen-bond donors (Lipinski definition) is 1. The van der Waals surface area contributed by atoms with Gasteiger partial charge in [0.15, 0.2) is 0 Å². The summed E-state index contributed by atoms with van der Waals surface area (Å²) >= 11 is 1.45. The SMILES string of the molecule is N#Cc1ccsc1N1CCC(N2CCC(O)CC2)C1=O. The smallest absolute Gasteiger partial charge is 0.245 e. The number of carbonyl (C=O) groups is 1. The van der Waals surface area contributed by atoms with Crippen LogP contribution in [0.15, 0.2) is 11.4 Å². The Morgan fingerprint density at radius 3 is 2.75 bits per heavy atom. The topological polar surface area (TPSA) is 67.6 Å². The Bertz CT molecular complexity index is 543. The fourth-order valence-corrected chi connectivity index (χ4v) is 3.88. The molecule has 106 valence electrons. The Morgan fingerprint density at radius 1 is 1.30 bits per heavy atom. The lowest BCUT2D eigenvalue weighted by atomic mass is 10.1. The number of carbonyl (C=O) groups excluding carboxylic acids is 1. The van der Waals surface area contributed by atoms with Crippen molar-refractivity contribution >= 4 is 22.2 Å². The van der Waals surface area contributed by atoms with Crippen LogP contribution in [0, 0.1) is 11.3 Å². The Hall–Kier alpha value is -1.42. The normalized spacial score (nSPS) is 25.1. The monoisotopic (exact) mass is 291 g/mol. The Morgan fingerprint density at radius 2 is 2.05 bits per heavy atom. The molecule has 1 N–H and O–H groups in total. The molecule has 3 rings (SSSR count). The van der Waals surface area contributed by atoms with E-state index in [0.29, 0.717) is 12.1 Å². The molecule has 0 aliphatic carbocycles. The standard InChI is InChI=1S/C14H17N3O2S/c15-9-10-4-8-20-14(10)17-7-3-12(13(17)19)16-5-1-11(18)2-6-16/h4,8,11-12,18H,1-3,5-7H2. The van der Waals surface area contributed by atoms with Crippen LogP contribution in [-0.4, -0.2) is 47.7 Å². The van der Waals surface area contributed by atoms with Crippen LogP contribution in [-0.2, 0) is 4.79 Å².